The molecule has 24 heavy (non-hydrogen) atoms. The molecule has 122 valence electrons. The third kappa shape index (κ3) is 4.19. The standard InChI is InChI=1S/C18H15FN2O3/c19-13-4-6-15(7-5-13)23-12-16-8-9-17(24-16)18(22)21-11-14-3-1-2-10-20-14/h1-10H,11-12H2,(H,21,22). The molecule has 2 heterocycles. The lowest BCUT2D eigenvalue weighted by molar-refractivity contribution is 0.0918. The molecule has 1 amide bonds. The van der Waals surface area contributed by atoms with Crippen LogP contribution in [-0.2, 0) is 13.2 Å². The van der Waals surface area contributed by atoms with Gasteiger partial charge in [0.2, 0.25) is 0 Å². The Morgan fingerprint density at radius 2 is 1.96 bits per heavy atom. The molecular weight excluding hydrogens is 311 g/mol. The van der Waals surface area contributed by atoms with E-state index < -0.39 is 0 Å². The monoisotopic (exact) mass is 326 g/mol. The number of aromatic nitrogens is 1. The van der Waals surface area contributed by atoms with Crippen molar-refractivity contribution < 1.29 is 18.3 Å². The number of nitrogens with one attached hydrogen (secondary N) is 1. The summed E-state index contributed by atoms with van der Waals surface area (Å²) in [6.45, 7) is 0.473. The van der Waals surface area contributed by atoms with Crippen LogP contribution in [0.3, 0.4) is 0 Å². The number of hydrogen-bond donors (Lipinski definition) is 1. The van der Waals surface area contributed by atoms with Crippen LogP contribution in [0.5, 0.6) is 5.75 Å². The zero-order chi connectivity index (χ0) is 16.8. The van der Waals surface area contributed by atoms with Crippen LogP contribution in [0.25, 0.3) is 0 Å². The average molecular weight is 326 g/mol. The Labute approximate surface area is 138 Å². The largest absolute Gasteiger partial charge is 0.486 e. The van der Waals surface area contributed by atoms with Gasteiger partial charge in [-0.2, -0.15) is 0 Å². The molecule has 0 aliphatic rings. The fourth-order valence-corrected chi connectivity index (χ4v) is 2.02. The van der Waals surface area contributed by atoms with Gasteiger partial charge >= 0.3 is 0 Å². The molecule has 5 nitrogen and oxygen atoms in total. The van der Waals surface area contributed by atoms with Gasteiger partial charge in [-0.3, -0.25) is 9.78 Å². The van der Waals surface area contributed by atoms with E-state index in [1.165, 1.54) is 24.3 Å². The van der Waals surface area contributed by atoms with Gasteiger partial charge in [-0.1, -0.05) is 6.07 Å². The van der Waals surface area contributed by atoms with Crippen molar-refractivity contribution in [3.63, 3.8) is 0 Å². The summed E-state index contributed by atoms with van der Waals surface area (Å²) in [4.78, 5) is 16.2. The Hall–Kier alpha value is -3.15. The zero-order valence-corrected chi connectivity index (χ0v) is 12.7. The molecule has 0 spiro atoms. The summed E-state index contributed by atoms with van der Waals surface area (Å²) in [5, 5.41) is 2.73. The molecule has 0 aliphatic heterocycles. The first-order chi connectivity index (χ1) is 11.7. The maximum absolute atomic E-state index is 12.8. The van der Waals surface area contributed by atoms with Gasteiger partial charge in [0.15, 0.2) is 5.76 Å². The first-order valence-electron chi connectivity index (χ1n) is 7.36. The van der Waals surface area contributed by atoms with E-state index in [9.17, 15) is 9.18 Å². The molecule has 1 aromatic carbocycles. The van der Waals surface area contributed by atoms with Gasteiger partial charge in [0, 0.05) is 6.20 Å². The second-order valence-electron chi connectivity index (χ2n) is 5.01. The number of halogens is 1. The van der Waals surface area contributed by atoms with Crippen molar-refractivity contribution in [1.29, 1.82) is 0 Å². The molecule has 0 saturated carbocycles. The minimum atomic E-state index is -0.327. The van der Waals surface area contributed by atoms with E-state index in [1.54, 1.807) is 18.3 Å². The average Bonchev–Trinajstić information content (AvgIpc) is 3.09. The van der Waals surface area contributed by atoms with Gasteiger partial charge in [0.1, 0.15) is 23.9 Å². The third-order valence-electron chi connectivity index (χ3n) is 3.24. The lowest BCUT2D eigenvalue weighted by Gasteiger charge is -2.04. The highest BCUT2D eigenvalue weighted by molar-refractivity contribution is 5.91. The quantitative estimate of drug-likeness (QED) is 0.755. The van der Waals surface area contributed by atoms with Gasteiger partial charge in [-0.15, -0.1) is 0 Å². The van der Waals surface area contributed by atoms with Crippen molar-refractivity contribution in [1.82, 2.24) is 10.3 Å². The molecule has 0 atom stereocenters. The minimum absolute atomic E-state index is 0.152. The minimum Gasteiger partial charge on any atom is -0.486 e. The summed E-state index contributed by atoms with van der Waals surface area (Å²) in [6.07, 6.45) is 1.67. The van der Waals surface area contributed by atoms with Crippen molar-refractivity contribution in [3.05, 3.63) is 83.8 Å². The van der Waals surface area contributed by atoms with E-state index in [-0.39, 0.29) is 24.1 Å². The predicted molar refractivity (Wildman–Crippen MR) is 84.8 cm³/mol. The summed E-state index contributed by atoms with van der Waals surface area (Å²) in [5.74, 6) is 0.570. The molecular formula is C18H15FN2O3. The van der Waals surface area contributed by atoms with Crippen LogP contribution < -0.4 is 10.1 Å². The maximum Gasteiger partial charge on any atom is 0.287 e. The van der Waals surface area contributed by atoms with Crippen molar-refractivity contribution in [2.45, 2.75) is 13.2 Å². The van der Waals surface area contributed by atoms with Gasteiger partial charge in [-0.05, 0) is 48.5 Å². The van der Waals surface area contributed by atoms with Crippen LogP contribution >= 0.6 is 0 Å². The van der Waals surface area contributed by atoms with Crippen LogP contribution in [0, 0.1) is 5.82 Å². The van der Waals surface area contributed by atoms with E-state index >= 15 is 0 Å². The molecule has 0 aliphatic carbocycles. The van der Waals surface area contributed by atoms with Gasteiger partial charge < -0.3 is 14.5 Å². The maximum atomic E-state index is 12.8. The van der Waals surface area contributed by atoms with E-state index in [2.05, 4.69) is 10.3 Å². The predicted octanol–water partition coefficient (Wildman–Crippen LogP) is 3.32. The summed E-state index contributed by atoms with van der Waals surface area (Å²) >= 11 is 0. The number of hydrogen-bond acceptors (Lipinski definition) is 4. The molecule has 0 saturated heterocycles. The normalized spacial score (nSPS) is 10.4. The number of furan rings is 1. The van der Waals surface area contributed by atoms with Crippen molar-refractivity contribution >= 4 is 5.91 Å². The van der Waals surface area contributed by atoms with Gasteiger partial charge in [0.05, 0.1) is 12.2 Å². The Kier molecular flexibility index (Phi) is 4.86. The van der Waals surface area contributed by atoms with E-state index in [0.717, 1.165) is 5.69 Å². The fourth-order valence-electron chi connectivity index (χ4n) is 2.02. The molecule has 0 radical (unpaired) electrons. The van der Waals surface area contributed by atoms with Crippen molar-refractivity contribution in [2.75, 3.05) is 0 Å². The highest BCUT2D eigenvalue weighted by Crippen LogP contribution is 2.15. The van der Waals surface area contributed by atoms with Crippen LogP contribution in [0.2, 0.25) is 0 Å². The van der Waals surface area contributed by atoms with Gasteiger partial charge in [-0.25, -0.2) is 4.39 Å². The Bertz CT molecular complexity index is 801. The summed E-state index contributed by atoms with van der Waals surface area (Å²) in [6, 6.07) is 14.4. The molecule has 0 bridgehead atoms. The SMILES string of the molecule is O=C(NCc1ccccn1)c1ccc(COc2ccc(F)cc2)o1. The summed E-state index contributed by atoms with van der Waals surface area (Å²) in [5.41, 5.74) is 0.761. The number of carbonyl (C=O) groups is 1. The van der Waals surface area contributed by atoms with E-state index in [0.29, 0.717) is 18.1 Å². The van der Waals surface area contributed by atoms with Crippen molar-refractivity contribution in [3.8, 4) is 5.75 Å². The second kappa shape index (κ2) is 7.41. The molecule has 3 aromatic rings. The first-order valence-corrected chi connectivity index (χ1v) is 7.36. The Morgan fingerprint density at radius 1 is 1.12 bits per heavy atom. The zero-order valence-electron chi connectivity index (χ0n) is 12.7. The van der Waals surface area contributed by atoms with E-state index in [4.69, 9.17) is 9.15 Å². The lowest BCUT2D eigenvalue weighted by Crippen LogP contribution is -2.22. The third-order valence-corrected chi connectivity index (χ3v) is 3.24. The van der Waals surface area contributed by atoms with Crippen LogP contribution in [0.1, 0.15) is 22.0 Å². The topological polar surface area (TPSA) is 64.4 Å². The number of nitrogens with zero attached hydrogens (tertiary/aromatic N) is 1. The number of carbonyl (C=O) groups excluding carboxylic acids is 1. The molecule has 6 heteroatoms. The fraction of sp³-hybridized carbons (Fsp3) is 0.111. The summed E-state index contributed by atoms with van der Waals surface area (Å²) in [7, 11) is 0. The first kappa shape index (κ1) is 15.7. The van der Waals surface area contributed by atoms with Crippen LogP contribution in [-0.4, -0.2) is 10.9 Å². The highest BCUT2D eigenvalue weighted by atomic mass is 19.1. The Morgan fingerprint density at radius 3 is 2.71 bits per heavy atom. The molecule has 0 unspecified atom stereocenters. The van der Waals surface area contributed by atoms with Gasteiger partial charge in [0.25, 0.3) is 5.91 Å². The van der Waals surface area contributed by atoms with Crippen molar-refractivity contribution in [2.24, 2.45) is 0 Å². The second-order valence-corrected chi connectivity index (χ2v) is 5.01. The van der Waals surface area contributed by atoms with Crippen LogP contribution in [0.4, 0.5) is 4.39 Å². The molecule has 3 rings (SSSR count). The highest BCUT2D eigenvalue weighted by Gasteiger charge is 2.11. The molecule has 0 fully saturated rings. The smallest absolute Gasteiger partial charge is 0.287 e. The molecule has 2 aromatic heterocycles. The van der Waals surface area contributed by atoms with E-state index in [1.807, 2.05) is 18.2 Å². The Balaban J connectivity index is 1.52. The van der Waals surface area contributed by atoms with Crippen LogP contribution in [0.15, 0.2) is 65.2 Å². The number of benzene rings is 1. The number of ether oxygens (including phenoxy) is 1. The lowest BCUT2D eigenvalue weighted by atomic mass is 10.3. The number of amides is 1. The summed E-state index contributed by atoms with van der Waals surface area (Å²) < 4.78 is 23.7. The molecule has 1 N–H and O–H groups in total. The number of rotatable bonds is 6. The number of pyridine rings is 1.